The number of aromatic nitrogens is 3. The van der Waals surface area contributed by atoms with Crippen LogP contribution in [0.25, 0.3) is 16.8 Å². The van der Waals surface area contributed by atoms with Crippen LogP contribution in [0.15, 0.2) is 71.8 Å². The highest BCUT2D eigenvalue weighted by Gasteiger charge is 2.12. The van der Waals surface area contributed by atoms with Gasteiger partial charge in [0.2, 0.25) is 0 Å². The van der Waals surface area contributed by atoms with Crippen LogP contribution in [0.4, 0.5) is 5.69 Å². The van der Waals surface area contributed by atoms with Gasteiger partial charge in [-0.1, -0.05) is 24.3 Å². The molecule has 2 aromatic heterocycles. The van der Waals surface area contributed by atoms with Crippen LogP contribution < -0.4 is 4.90 Å². The number of fused-ring (bicyclic) bond motifs is 1. The molecule has 4 aromatic rings. The van der Waals surface area contributed by atoms with Gasteiger partial charge in [-0.3, -0.25) is 0 Å². The molecule has 1 aliphatic rings. The summed E-state index contributed by atoms with van der Waals surface area (Å²) in [5.74, 6) is 0.758. The van der Waals surface area contributed by atoms with Crippen molar-refractivity contribution in [2.75, 3.05) is 37.5 Å². The normalized spacial score (nSPS) is 14.7. The van der Waals surface area contributed by atoms with Gasteiger partial charge in [0.1, 0.15) is 0 Å². The Morgan fingerprint density at radius 1 is 0.906 bits per heavy atom. The molecule has 0 atom stereocenters. The van der Waals surface area contributed by atoms with Crippen molar-refractivity contribution < 1.29 is 13.2 Å². The largest absolute Gasteiger partial charge is 0.378 e. The molecule has 164 valence electrons. The third-order valence-corrected chi connectivity index (χ3v) is 6.79. The third kappa shape index (κ3) is 4.37. The van der Waals surface area contributed by atoms with Gasteiger partial charge in [-0.05, 0) is 47.5 Å². The van der Waals surface area contributed by atoms with E-state index in [9.17, 15) is 8.42 Å². The molecule has 1 fully saturated rings. The Bertz CT molecular complexity index is 1340. The van der Waals surface area contributed by atoms with E-state index < -0.39 is 9.84 Å². The highest BCUT2D eigenvalue weighted by molar-refractivity contribution is 7.90. The molecule has 0 bridgehead atoms. The van der Waals surface area contributed by atoms with Crippen LogP contribution >= 0.6 is 0 Å². The molecule has 0 aliphatic carbocycles. The van der Waals surface area contributed by atoms with E-state index in [0.717, 1.165) is 54.5 Å². The molecule has 7 nitrogen and oxygen atoms in total. The minimum Gasteiger partial charge on any atom is -0.378 e. The maximum atomic E-state index is 11.7. The molecule has 0 N–H and O–H groups in total. The third-order valence-electron chi connectivity index (χ3n) is 5.67. The summed E-state index contributed by atoms with van der Waals surface area (Å²) in [6, 6.07) is 19.3. The van der Waals surface area contributed by atoms with Gasteiger partial charge in [-0.25, -0.2) is 17.9 Å². The van der Waals surface area contributed by atoms with Gasteiger partial charge < -0.3 is 9.64 Å². The van der Waals surface area contributed by atoms with E-state index in [0.29, 0.717) is 11.3 Å². The Balaban J connectivity index is 1.34. The number of pyridine rings is 1. The monoisotopic (exact) mass is 448 g/mol. The smallest absolute Gasteiger partial charge is 0.175 e. The molecule has 32 heavy (non-hydrogen) atoms. The Hall–Kier alpha value is -3.23. The van der Waals surface area contributed by atoms with E-state index >= 15 is 0 Å². The maximum Gasteiger partial charge on any atom is 0.175 e. The second kappa shape index (κ2) is 8.37. The van der Waals surface area contributed by atoms with Crippen molar-refractivity contribution in [3.63, 3.8) is 0 Å². The van der Waals surface area contributed by atoms with E-state index in [-0.39, 0.29) is 0 Å². The van der Waals surface area contributed by atoms with Crippen molar-refractivity contribution in [1.29, 1.82) is 0 Å². The number of hydrogen-bond acceptors (Lipinski definition) is 6. The van der Waals surface area contributed by atoms with Crippen LogP contribution in [0.1, 0.15) is 11.4 Å². The molecule has 5 rings (SSSR count). The number of ether oxygens (including phenoxy) is 1. The molecule has 0 unspecified atom stereocenters. The lowest BCUT2D eigenvalue weighted by molar-refractivity contribution is 0.122. The lowest BCUT2D eigenvalue weighted by atomic mass is 10.1. The summed E-state index contributed by atoms with van der Waals surface area (Å²) in [6.07, 6.45) is 3.79. The predicted octanol–water partition coefficient (Wildman–Crippen LogP) is 3.23. The first-order chi connectivity index (χ1) is 15.5. The lowest BCUT2D eigenvalue weighted by Gasteiger charge is -2.28. The van der Waals surface area contributed by atoms with Crippen molar-refractivity contribution >= 4 is 21.2 Å². The van der Waals surface area contributed by atoms with Crippen LogP contribution in [-0.2, 0) is 21.0 Å². The van der Waals surface area contributed by atoms with Crippen LogP contribution in [0, 0.1) is 0 Å². The summed E-state index contributed by atoms with van der Waals surface area (Å²) >= 11 is 0. The predicted molar refractivity (Wildman–Crippen MR) is 124 cm³/mol. The highest BCUT2D eigenvalue weighted by atomic mass is 32.2. The topological polar surface area (TPSA) is 76.8 Å². The zero-order valence-corrected chi connectivity index (χ0v) is 18.6. The zero-order chi connectivity index (χ0) is 22.1. The van der Waals surface area contributed by atoms with Gasteiger partial charge in [0.15, 0.2) is 21.3 Å². The Labute approximate surface area is 187 Å². The second-order valence-corrected chi connectivity index (χ2v) is 10.0. The van der Waals surface area contributed by atoms with Gasteiger partial charge >= 0.3 is 0 Å². The molecule has 1 saturated heterocycles. The first-order valence-electron chi connectivity index (χ1n) is 10.5. The molecule has 0 radical (unpaired) electrons. The summed E-state index contributed by atoms with van der Waals surface area (Å²) in [7, 11) is -3.21. The number of benzene rings is 2. The number of rotatable bonds is 5. The second-order valence-electron chi connectivity index (χ2n) is 7.99. The molecule has 0 spiro atoms. The first kappa shape index (κ1) is 20.7. The molecule has 1 aliphatic heterocycles. The fourth-order valence-corrected chi connectivity index (χ4v) is 4.53. The van der Waals surface area contributed by atoms with Gasteiger partial charge in [0.25, 0.3) is 0 Å². The molecule has 2 aromatic carbocycles. The lowest BCUT2D eigenvalue weighted by Crippen LogP contribution is -2.36. The van der Waals surface area contributed by atoms with Gasteiger partial charge in [-0.2, -0.15) is 5.10 Å². The molecule has 0 amide bonds. The number of sulfone groups is 1. The molecular weight excluding hydrogens is 424 g/mol. The van der Waals surface area contributed by atoms with E-state index in [1.54, 1.807) is 16.6 Å². The minimum absolute atomic E-state index is 0.310. The molecule has 3 heterocycles. The van der Waals surface area contributed by atoms with E-state index in [2.05, 4.69) is 39.2 Å². The summed E-state index contributed by atoms with van der Waals surface area (Å²) < 4.78 is 30.6. The number of morpholine rings is 1. The van der Waals surface area contributed by atoms with Crippen molar-refractivity contribution in [3.8, 4) is 11.1 Å². The number of nitrogens with zero attached hydrogens (tertiary/aromatic N) is 4. The average molecular weight is 449 g/mol. The van der Waals surface area contributed by atoms with Crippen molar-refractivity contribution in [2.45, 2.75) is 11.3 Å². The summed E-state index contributed by atoms with van der Waals surface area (Å²) in [5, 5.41) is 4.65. The van der Waals surface area contributed by atoms with Crippen molar-refractivity contribution in [3.05, 3.63) is 78.2 Å². The summed E-state index contributed by atoms with van der Waals surface area (Å²) in [6.45, 7) is 3.40. The Morgan fingerprint density at radius 3 is 2.28 bits per heavy atom. The van der Waals surface area contributed by atoms with E-state index in [1.165, 1.54) is 11.9 Å². The highest BCUT2D eigenvalue weighted by Crippen LogP contribution is 2.22. The Morgan fingerprint density at radius 2 is 1.59 bits per heavy atom. The fraction of sp³-hybridized carbons (Fsp3) is 0.250. The standard InChI is InChI=1S/C24H24N4O3S/c1-32(29,30)22-9-4-19(5-10-22)20-6-11-24-25-23(26-28(24)17-20)16-18-2-7-21(8-3-18)27-12-14-31-15-13-27/h2-11,17H,12-16H2,1H3. The average Bonchev–Trinajstić information content (AvgIpc) is 3.21. The quantitative estimate of drug-likeness (QED) is 0.467. The zero-order valence-electron chi connectivity index (χ0n) is 17.8. The number of anilines is 1. The SMILES string of the molecule is CS(=O)(=O)c1ccc(-c2ccc3nc(Cc4ccc(N5CCOCC5)cc4)nn3c2)cc1. The van der Waals surface area contributed by atoms with Crippen molar-refractivity contribution in [1.82, 2.24) is 14.6 Å². The van der Waals surface area contributed by atoms with E-state index in [1.807, 2.05) is 30.5 Å². The maximum absolute atomic E-state index is 11.7. The molecule has 0 saturated carbocycles. The Kier molecular flexibility index (Phi) is 5.40. The molecular formula is C24H24N4O3S. The van der Waals surface area contributed by atoms with E-state index in [4.69, 9.17) is 4.74 Å². The number of hydrogen-bond donors (Lipinski definition) is 0. The molecule has 8 heteroatoms. The fourth-order valence-electron chi connectivity index (χ4n) is 3.90. The van der Waals surface area contributed by atoms with Crippen LogP contribution in [0.5, 0.6) is 0 Å². The van der Waals surface area contributed by atoms with Crippen LogP contribution in [-0.4, -0.2) is 55.6 Å². The van der Waals surface area contributed by atoms with Gasteiger partial charge in [0.05, 0.1) is 18.1 Å². The van der Waals surface area contributed by atoms with Gasteiger partial charge in [0, 0.05) is 43.2 Å². The van der Waals surface area contributed by atoms with Crippen molar-refractivity contribution in [2.24, 2.45) is 0 Å². The summed E-state index contributed by atoms with van der Waals surface area (Å²) in [4.78, 5) is 7.29. The first-order valence-corrected chi connectivity index (χ1v) is 12.4. The van der Waals surface area contributed by atoms with Crippen LogP contribution in [0.3, 0.4) is 0 Å². The summed E-state index contributed by atoms with van der Waals surface area (Å²) in [5.41, 5.74) is 5.03. The van der Waals surface area contributed by atoms with Crippen LogP contribution in [0.2, 0.25) is 0 Å². The minimum atomic E-state index is -3.21. The van der Waals surface area contributed by atoms with Gasteiger partial charge in [-0.15, -0.1) is 0 Å².